The van der Waals surface area contributed by atoms with Crippen LogP contribution < -0.4 is 5.73 Å². The number of anilines is 1. The number of carboxylic acids is 2. The van der Waals surface area contributed by atoms with Crippen LogP contribution in [-0.2, 0) is 0 Å². The van der Waals surface area contributed by atoms with Gasteiger partial charge in [0.2, 0.25) is 0 Å². The Labute approximate surface area is 114 Å². The molecule has 6 heteroatoms. The van der Waals surface area contributed by atoms with Crippen LogP contribution in [0.2, 0.25) is 0 Å². The Morgan fingerprint density at radius 1 is 0.900 bits per heavy atom. The predicted octanol–water partition coefficient (Wildman–Crippen LogP) is 2.06. The molecule has 0 aliphatic heterocycles. The number of carbonyl (C=O) groups is 2. The molecule has 2 aromatic carbocycles. The number of phenols is 1. The van der Waals surface area contributed by atoms with Gasteiger partial charge in [0, 0.05) is 11.8 Å². The number of benzene rings is 2. The van der Waals surface area contributed by atoms with Gasteiger partial charge in [-0.2, -0.15) is 0 Å². The summed E-state index contributed by atoms with van der Waals surface area (Å²) in [7, 11) is 0. The Morgan fingerprint density at radius 2 is 1.50 bits per heavy atom. The van der Waals surface area contributed by atoms with E-state index in [0.717, 1.165) is 0 Å². The fourth-order valence-corrected chi connectivity index (χ4v) is 1.31. The Morgan fingerprint density at radius 3 is 1.90 bits per heavy atom. The second kappa shape index (κ2) is 6.79. The molecule has 0 saturated carbocycles. The molecule has 0 aliphatic rings. The van der Waals surface area contributed by atoms with E-state index in [1.165, 1.54) is 18.2 Å². The van der Waals surface area contributed by atoms with Crippen molar-refractivity contribution in [1.82, 2.24) is 0 Å². The molecule has 2 aromatic rings. The smallest absolute Gasteiger partial charge is 0.339 e. The van der Waals surface area contributed by atoms with Crippen LogP contribution in [0.25, 0.3) is 0 Å². The molecule has 104 valence electrons. The Hall–Kier alpha value is -3.02. The number of hydrogen-bond donors (Lipinski definition) is 4. The molecule has 0 amide bonds. The summed E-state index contributed by atoms with van der Waals surface area (Å²) in [6, 6.07) is 12.2. The third-order valence-corrected chi connectivity index (χ3v) is 2.27. The van der Waals surface area contributed by atoms with Crippen molar-refractivity contribution < 1.29 is 24.9 Å². The van der Waals surface area contributed by atoms with E-state index in [4.69, 9.17) is 21.1 Å². The SMILES string of the molecule is Nc1ccc(C(=O)O)c(O)c1.O=C(O)c1ccccc1. The zero-order valence-electron chi connectivity index (χ0n) is 10.4. The van der Waals surface area contributed by atoms with E-state index in [-0.39, 0.29) is 11.3 Å². The van der Waals surface area contributed by atoms with Crippen LogP contribution in [-0.4, -0.2) is 27.3 Å². The lowest BCUT2D eigenvalue weighted by atomic mass is 10.2. The van der Waals surface area contributed by atoms with E-state index >= 15 is 0 Å². The molecule has 0 bridgehead atoms. The summed E-state index contributed by atoms with van der Waals surface area (Å²) in [6.07, 6.45) is 0. The quantitative estimate of drug-likeness (QED) is 0.622. The van der Waals surface area contributed by atoms with Crippen LogP contribution in [0.3, 0.4) is 0 Å². The van der Waals surface area contributed by atoms with Crippen molar-refractivity contribution in [2.24, 2.45) is 0 Å². The van der Waals surface area contributed by atoms with Gasteiger partial charge >= 0.3 is 11.9 Å². The standard InChI is InChI=1S/C7H7NO3.C7H6O2/c8-4-1-2-5(7(10)11)6(9)3-4;8-7(9)6-4-2-1-3-5-6/h1-3,9H,8H2,(H,10,11);1-5H,(H,8,9). The number of nitrogens with two attached hydrogens (primary N) is 1. The number of nitrogen functional groups attached to an aromatic ring is 1. The lowest BCUT2D eigenvalue weighted by molar-refractivity contribution is 0.0684. The third kappa shape index (κ3) is 4.34. The highest BCUT2D eigenvalue weighted by atomic mass is 16.4. The topological polar surface area (TPSA) is 121 Å². The largest absolute Gasteiger partial charge is 0.507 e. The van der Waals surface area contributed by atoms with Gasteiger partial charge < -0.3 is 21.1 Å². The summed E-state index contributed by atoms with van der Waals surface area (Å²) >= 11 is 0. The Balaban J connectivity index is 0.000000204. The van der Waals surface area contributed by atoms with Crippen molar-refractivity contribution in [2.45, 2.75) is 0 Å². The molecule has 6 nitrogen and oxygen atoms in total. The minimum absolute atomic E-state index is 0.140. The molecule has 0 atom stereocenters. The van der Waals surface area contributed by atoms with Crippen molar-refractivity contribution in [3.63, 3.8) is 0 Å². The van der Waals surface area contributed by atoms with Gasteiger partial charge in [0.15, 0.2) is 0 Å². The van der Waals surface area contributed by atoms with Crippen molar-refractivity contribution in [2.75, 3.05) is 5.73 Å². The second-order valence-electron chi connectivity index (χ2n) is 3.75. The zero-order chi connectivity index (χ0) is 15.1. The van der Waals surface area contributed by atoms with Gasteiger partial charge in [-0.15, -0.1) is 0 Å². The van der Waals surface area contributed by atoms with E-state index in [1.807, 2.05) is 0 Å². The predicted molar refractivity (Wildman–Crippen MR) is 72.9 cm³/mol. The average molecular weight is 275 g/mol. The summed E-state index contributed by atoms with van der Waals surface area (Å²) in [6.45, 7) is 0. The molecule has 0 aliphatic carbocycles. The van der Waals surface area contributed by atoms with E-state index in [2.05, 4.69) is 0 Å². The monoisotopic (exact) mass is 275 g/mol. The van der Waals surface area contributed by atoms with Crippen LogP contribution in [0.5, 0.6) is 5.75 Å². The van der Waals surface area contributed by atoms with Crippen LogP contribution in [0.15, 0.2) is 48.5 Å². The summed E-state index contributed by atoms with van der Waals surface area (Å²) in [5.41, 5.74) is 5.81. The normalized spacial score (nSPS) is 9.20. The summed E-state index contributed by atoms with van der Waals surface area (Å²) in [5, 5.41) is 25.8. The van der Waals surface area contributed by atoms with E-state index in [0.29, 0.717) is 11.3 Å². The molecule has 0 spiro atoms. The van der Waals surface area contributed by atoms with Crippen molar-refractivity contribution in [1.29, 1.82) is 0 Å². The summed E-state index contributed by atoms with van der Waals surface area (Å²) in [5.74, 6) is -2.35. The fourth-order valence-electron chi connectivity index (χ4n) is 1.31. The minimum atomic E-state index is -1.16. The van der Waals surface area contributed by atoms with Crippen LogP contribution in [0.4, 0.5) is 5.69 Å². The molecule has 2 rings (SSSR count). The first kappa shape index (κ1) is 15.0. The Bertz CT molecular complexity index is 610. The fraction of sp³-hybridized carbons (Fsp3) is 0. The summed E-state index contributed by atoms with van der Waals surface area (Å²) < 4.78 is 0. The maximum absolute atomic E-state index is 10.3. The number of aromatic carboxylic acids is 2. The maximum atomic E-state index is 10.3. The van der Waals surface area contributed by atoms with Crippen LogP contribution in [0, 0.1) is 0 Å². The van der Waals surface area contributed by atoms with Crippen molar-refractivity contribution >= 4 is 17.6 Å². The third-order valence-electron chi connectivity index (χ3n) is 2.27. The lowest BCUT2D eigenvalue weighted by Gasteiger charge is -1.98. The first-order valence-electron chi connectivity index (χ1n) is 5.52. The van der Waals surface area contributed by atoms with Gasteiger partial charge in [0.1, 0.15) is 11.3 Å². The molecular formula is C14H13NO5. The van der Waals surface area contributed by atoms with Crippen molar-refractivity contribution in [3.8, 4) is 5.75 Å². The molecule has 0 aromatic heterocycles. The first-order valence-corrected chi connectivity index (χ1v) is 5.52. The van der Waals surface area contributed by atoms with Gasteiger partial charge in [-0.05, 0) is 24.3 Å². The summed E-state index contributed by atoms with van der Waals surface area (Å²) in [4.78, 5) is 20.5. The molecular weight excluding hydrogens is 262 g/mol. The van der Waals surface area contributed by atoms with Gasteiger partial charge in [0.25, 0.3) is 0 Å². The molecule has 0 saturated heterocycles. The highest BCUT2D eigenvalue weighted by molar-refractivity contribution is 5.91. The van der Waals surface area contributed by atoms with E-state index in [1.54, 1.807) is 30.3 Å². The molecule has 0 fully saturated rings. The molecule has 0 radical (unpaired) electrons. The zero-order valence-corrected chi connectivity index (χ0v) is 10.4. The first-order chi connectivity index (χ1) is 9.41. The van der Waals surface area contributed by atoms with Gasteiger partial charge in [0.05, 0.1) is 5.56 Å². The number of carboxylic acid groups (broad SMARTS) is 2. The number of hydrogen-bond acceptors (Lipinski definition) is 4. The van der Waals surface area contributed by atoms with Crippen LogP contribution in [0.1, 0.15) is 20.7 Å². The Kier molecular flexibility index (Phi) is 5.11. The van der Waals surface area contributed by atoms with Gasteiger partial charge in [-0.3, -0.25) is 0 Å². The molecule has 20 heavy (non-hydrogen) atoms. The lowest BCUT2D eigenvalue weighted by Crippen LogP contribution is -1.97. The van der Waals surface area contributed by atoms with Gasteiger partial charge in [-0.1, -0.05) is 18.2 Å². The maximum Gasteiger partial charge on any atom is 0.339 e. The number of aromatic hydroxyl groups is 1. The average Bonchev–Trinajstić information content (AvgIpc) is 2.40. The highest BCUT2D eigenvalue weighted by Gasteiger charge is 2.07. The highest BCUT2D eigenvalue weighted by Crippen LogP contribution is 2.19. The van der Waals surface area contributed by atoms with E-state index in [9.17, 15) is 9.59 Å². The van der Waals surface area contributed by atoms with Gasteiger partial charge in [-0.25, -0.2) is 9.59 Å². The minimum Gasteiger partial charge on any atom is -0.507 e. The number of rotatable bonds is 2. The van der Waals surface area contributed by atoms with Crippen LogP contribution >= 0.6 is 0 Å². The molecule has 5 N–H and O–H groups in total. The van der Waals surface area contributed by atoms with Crippen molar-refractivity contribution in [3.05, 3.63) is 59.7 Å². The second-order valence-corrected chi connectivity index (χ2v) is 3.75. The van der Waals surface area contributed by atoms with E-state index < -0.39 is 11.9 Å². The molecule has 0 heterocycles. The molecule has 0 unspecified atom stereocenters.